The van der Waals surface area contributed by atoms with E-state index in [0.29, 0.717) is 5.69 Å². The number of nitrogens with one attached hydrogen (secondary N) is 3. The Labute approximate surface area is 147 Å². The van der Waals surface area contributed by atoms with Crippen LogP contribution >= 0.6 is 11.3 Å². The molecule has 6 nitrogen and oxygen atoms in total. The minimum atomic E-state index is -0.199. The molecule has 0 radical (unpaired) electrons. The Morgan fingerprint density at radius 3 is 2.71 bits per heavy atom. The van der Waals surface area contributed by atoms with Gasteiger partial charge in [0, 0.05) is 30.5 Å². The lowest BCUT2D eigenvalue weighted by atomic mass is 10.2. The largest absolute Gasteiger partial charge is 0.386 e. The zero-order valence-electron chi connectivity index (χ0n) is 14.4. The molecule has 0 aliphatic heterocycles. The number of amides is 1. The summed E-state index contributed by atoms with van der Waals surface area (Å²) in [4.78, 5) is 18.7. The van der Waals surface area contributed by atoms with Crippen LogP contribution in [0.25, 0.3) is 0 Å². The van der Waals surface area contributed by atoms with Crippen molar-refractivity contribution in [1.29, 1.82) is 0 Å². The molecule has 130 valence electrons. The summed E-state index contributed by atoms with van der Waals surface area (Å²) in [6.45, 7) is 2.80. The first-order chi connectivity index (χ1) is 11.6. The van der Waals surface area contributed by atoms with E-state index in [1.54, 1.807) is 12.3 Å². The van der Waals surface area contributed by atoms with Gasteiger partial charge < -0.3 is 20.9 Å². The fraction of sp³-hybridized carbons (Fsp3) is 0.412. The first kappa shape index (κ1) is 18.4. The summed E-state index contributed by atoms with van der Waals surface area (Å²) in [6.07, 6.45) is 2.86. The third-order valence-electron chi connectivity index (χ3n) is 3.52. The van der Waals surface area contributed by atoms with Crippen molar-refractivity contribution in [1.82, 2.24) is 15.2 Å². The molecule has 0 aliphatic carbocycles. The van der Waals surface area contributed by atoms with Crippen LogP contribution in [0.15, 0.2) is 29.1 Å². The monoisotopic (exact) mass is 347 g/mol. The molecule has 0 atom stereocenters. The van der Waals surface area contributed by atoms with Crippen molar-refractivity contribution in [3.8, 4) is 0 Å². The lowest BCUT2D eigenvalue weighted by molar-refractivity contribution is 0.102. The number of aromatic nitrogens is 1. The van der Waals surface area contributed by atoms with Crippen LogP contribution in [-0.2, 0) is 6.54 Å². The van der Waals surface area contributed by atoms with Crippen LogP contribution in [-0.4, -0.2) is 50.0 Å². The molecule has 2 rings (SSSR count). The smallest absolute Gasteiger partial charge is 0.274 e. The van der Waals surface area contributed by atoms with Gasteiger partial charge in [-0.05, 0) is 45.2 Å². The molecule has 0 saturated carbocycles. The van der Waals surface area contributed by atoms with E-state index in [9.17, 15) is 4.79 Å². The number of pyridine rings is 1. The molecule has 2 aromatic heterocycles. The maximum atomic E-state index is 12.2. The van der Waals surface area contributed by atoms with Crippen molar-refractivity contribution in [2.24, 2.45) is 0 Å². The van der Waals surface area contributed by atoms with Crippen molar-refractivity contribution in [2.75, 3.05) is 44.9 Å². The van der Waals surface area contributed by atoms with Gasteiger partial charge >= 0.3 is 0 Å². The number of hydrogen-bond donors (Lipinski definition) is 3. The average Bonchev–Trinajstić information content (AvgIpc) is 3.02. The summed E-state index contributed by atoms with van der Waals surface area (Å²) < 4.78 is 0. The van der Waals surface area contributed by atoms with E-state index in [2.05, 4.69) is 39.9 Å². The quantitative estimate of drug-likeness (QED) is 0.608. The van der Waals surface area contributed by atoms with Gasteiger partial charge in [-0.25, -0.2) is 0 Å². The standard InChI is InChI=1S/C17H25N5OS/c1-18-15-11-24-12-16(15)21-17(23)14-6-5-13(10-20-14)9-19-7-4-8-22(2)3/h5-6,10-12,18-19H,4,7-9H2,1-3H3,(H,21,23). The molecule has 2 aromatic rings. The summed E-state index contributed by atoms with van der Waals surface area (Å²) in [5.74, 6) is -0.199. The van der Waals surface area contributed by atoms with Crippen molar-refractivity contribution in [3.05, 3.63) is 40.3 Å². The highest BCUT2D eigenvalue weighted by Crippen LogP contribution is 2.26. The summed E-state index contributed by atoms with van der Waals surface area (Å²) in [5.41, 5.74) is 3.18. The summed E-state index contributed by atoms with van der Waals surface area (Å²) >= 11 is 1.54. The number of carbonyl (C=O) groups is 1. The molecule has 2 heterocycles. The van der Waals surface area contributed by atoms with Crippen LogP contribution in [0, 0.1) is 0 Å². The van der Waals surface area contributed by atoms with Crippen LogP contribution in [0.3, 0.4) is 0 Å². The Morgan fingerprint density at radius 1 is 1.25 bits per heavy atom. The first-order valence-electron chi connectivity index (χ1n) is 7.96. The number of thiophene rings is 1. The molecule has 0 aliphatic rings. The predicted molar refractivity (Wildman–Crippen MR) is 101 cm³/mol. The molecular formula is C17H25N5OS. The van der Waals surface area contributed by atoms with Gasteiger partial charge in [-0.15, -0.1) is 11.3 Å². The fourth-order valence-corrected chi connectivity index (χ4v) is 2.96. The van der Waals surface area contributed by atoms with Crippen molar-refractivity contribution in [3.63, 3.8) is 0 Å². The number of carbonyl (C=O) groups excluding carboxylic acids is 1. The fourth-order valence-electron chi connectivity index (χ4n) is 2.19. The van der Waals surface area contributed by atoms with E-state index >= 15 is 0 Å². The van der Waals surface area contributed by atoms with E-state index < -0.39 is 0 Å². The Balaban J connectivity index is 1.81. The highest BCUT2D eigenvalue weighted by molar-refractivity contribution is 7.09. The van der Waals surface area contributed by atoms with E-state index in [1.165, 1.54) is 11.3 Å². The minimum absolute atomic E-state index is 0.199. The summed E-state index contributed by atoms with van der Waals surface area (Å²) in [7, 11) is 5.98. The van der Waals surface area contributed by atoms with Gasteiger partial charge in [0.25, 0.3) is 5.91 Å². The van der Waals surface area contributed by atoms with E-state index in [-0.39, 0.29) is 5.91 Å². The molecule has 0 saturated heterocycles. The Bertz CT molecular complexity index is 639. The van der Waals surface area contributed by atoms with Gasteiger partial charge in [-0.3, -0.25) is 9.78 Å². The molecule has 7 heteroatoms. The second kappa shape index (κ2) is 9.36. The summed E-state index contributed by atoms with van der Waals surface area (Å²) in [6, 6.07) is 3.70. The number of anilines is 2. The normalized spacial score (nSPS) is 10.8. The minimum Gasteiger partial charge on any atom is -0.386 e. The molecule has 24 heavy (non-hydrogen) atoms. The van der Waals surface area contributed by atoms with Gasteiger partial charge in [-0.1, -0.05) is 6.07 Å². The SMILES string of the molecule is CNc1cscc1NC(=O)c1ccc(CNCCCN(C)C)cn1. The van der Waals surface area contributed by atoms with Crippen molar-refractivity contribution < 1.29 is 4.79 Å². The van der Waals surface area contributed by atoms with Crippen LogP contribution in [0.1, 0.15) is 22.5 Å². The molecule has 3 N–H and O–H groups in total. The molecule has 0 aromatic carbocycles. The summed E-state index contributed by atoms with van der Waals surface area (Å²) in [5, 5.41) is 13.2. The lowest BCUT2D eigenvalue weighted by Gasteiger charge is -2.10. The molecule has 0 fully saturated rings. The van der Waals surface area contributed by atoms with Crippen LogP contribution in [0.2, 0.25) is 0 Å². The van der Waals surface area contributed by atoms with E-state index in [0.717, 1.165) is 43.0 Å². The first-order valence-corrected chi connectivity index (χ1v) is 8.90. The van der Waals surface area contributed by atoms with Crippen LogP contribution < -0.4 is 16.0 Å². The average molecular weight is 347 g/mol. The van der Waals surface area contributed by atoms with Crippen molar-refractivity contribution >= 4 is 28.6 Å². The van der Waals surface area contributed by atoms with Gasteiger partial charge in [0.1, 0.15) is 5.69 Å². The van der Waals surface area contributed by atoms with E-state index in [4.69, 9.17) is 0 Å². The third kappa shape index (κ3) is 5.59. The lowest BCUT2D eigenvalue weighted by Crippen LogP contribution is -2.21. The topological polar surface area (TPSA) is 69.3 Å². The predicted octanol–water partition coefficient (Wildman–Crippen LogP) is 2.48. The highest BCUT2D eigenvalue weighted by Gasteiger charge is 2.10. The molecule has 1 amide bonds. The third-order valence-corrected chi connectivity index (χ3v) is 4.27. The van der Waals surface area contributed by atoms with Crippen molar-refractivity contribution in [2.45, 2.75) is 13.0 Å². The zero-order chi connectivity index (χ0) is 17.4. The number of nitrogens with zero attached hydrogens (tertiary/aromatic N) is 2. The Kier molecular flexibility index (Phi) is 7.17. The van der Waals surface area contributed by atoms with Gasteiger partial charge in [-0.2, -0.15) is 0 Å². The van der Waals surface area contributed by atoms with Gasteiger partial charge in [0.2, 0.25) is 0 Å². The van der Waals surface area contributed by atoms with Crippen LogP contribution in [0.4, 0.5) is 11.4 Å². The van der Waals surface area contributed by atoms with E-state index in [1.807, 2.05) is 23.9 Å². The van der Waals surface area contributed by atoms with Gasteiger partial charge in [0.05, 0.1) is 11.4 Å². The molecule has 0 unspecified atom stereocenters. The Hall–Kier alpha value is -1.96. The van der Waals surface area contributed by atoms with Gasteiger partial charge in [0.15, 0.2) is 0 Å². The molecule has 0 spiro atoms. The maximum absolute atomic E-state index is 12.2. The molecule has 0 bridgehead atoms. The number of rotatable bonds is 9. The Morgan fingerprint density at radius 2 is 2.04 bits per heavy atom. The zero-order valence-corrected chi connectivity index (χ0v) is 15.2. The number of hydrogen-bond acceptors (Lipinski definition) is 6. The maximum Gasteiger partial charge on any atom is 0.274 e. The van der Waals surface area contributed by atoms with Crippen LogP contribution in [0.5, 0.6) is 0 Å². The highest BCUT2D eigenvalue weighted by atomic mass is 32.1. The molecular weight excluding hydrogens is 322 g/mol. The second-order valence-electron chi connectivity index (χ2n) is 5.79. The second-order valence-corrected chi connectivity index (χ2v) is 6.53.